The molecule has 3 rings (SSSR count). The lowest BCUT2D eigenvalue weighted by molar-refractivity contribution is 0.0991. The van der Waals surface area contributed by atoms with E-state index < -0.39 is 5.91 Å². The van der Waals surface area contributed by atoms with Crippen molar-refractivity contribution >= 4 is 34.8 Å². The lowest BCUT2D eigenvalue weighted by Gasteiger charge is -2.04. The van der Waals surface area contributed by atoms with Gasteiger partial charge in [0.05, 0.1) is 10.7 Å². The number of aromatic nitrogens is 2. The molecule has 0 saturated carbocycles. The van der Waals surface area contributed by atoms with Gasteiger partial charge < -0.3 is 9.73 Å². The Bertz CT molecular complexity index is 819. The van der Waals surface area contributed by atoms with Gasteiger partial charge in [-0.2, -0.15) is 0 Å². The molecule has 3 aromatic rings. The fourth-order valence-corrected chi connectivity index (χ4v) is 2.12. The number of hydrogen-bond donors (Lipinski definition) is 1. The van der Waals surface area contributed by atoms with Gasteiger partial charge in [0.25, 0.3) is 0 Å². The van der Waals surface area contributed by atoms with Crippen molar-refractivity contribution < 1.29 is 9.21 Å². The summed E-state index contributed by atoms with van der Waals surface area (Å²) in [5.74, 6) is -0.448. The summed E-state index contributed by atoms with van der Waals surface area (Å²) in [4.78, 5) is 12.1. The third-order valence-corrected chi connectivity index (χ3v) is 3.38. The lowest BCUT2D eigenvalue weighted by atomic mass is 10.2. The molecule has 1 amide bonds. The summed E-state index contributed by atoms with van der Waals surface area (Å²) in [6.07, 6.45) is 0. The molecule has 0 aliphatic rings. The van der Waals surface area contributed by atoms with Crippen LogP contribution in [0.3, 0.4) is 0 Å². The standard InChI is InChI=1S/C15H9Cl2N3O2/c16-10-6-7-11(17)12(8-10)18-13(21)15-20-19-14(22-15)9-4-2-1-3-5-9/h1-8H,(H,18,21). The van der Waals surface area contributed by atoms with Gasteiger partial charge in [0.2, 0.25) is 5.89 Å². The van der Waals surface area contributed by atoms with Crippen molar-refractivity contribution in [2.75, 3.05) is 5.32 Å². The van der Waals surface area contributed by atoms with Crippen LogP contribution in [-0.4, -0.2) is 16.1 Å². The van der Waals surface area contributed by atoms with Crippen LogP contribution in [0, 0.1) is 0 Å². The predicted molar refractivity (Wildman–Crippen MR) is 84.1 cm³/mol. The summed E-state index contributed by atoms with van der Waals surface area (Å²) in [6, 6.07) is 13.9. The highest BCUT2D eigenvalue weighted by Crippen LogP contribution is 2.26. The van der Waals surface area contributed by atoms with Gasteiger partial charge in [0, 0.05) is 10.6 Å². The lowest BCUT2D eigenvalue weighted by Crippen LogP contribution is -2.12. The highest BCUT2D eigenvalue weighted by atomic mass is 35.5. The molecule has 0 fully saturated rings. The Morgan fingerprint density at radius 3 is 2.59 bits per heavy atom. The number of halogens is 2. The molecule has 0 spiro atoms. The van der Waals surface area contributed by atoms with E-state index >= 15 is 0 Å². The van der Waals surface area contributed by atoms with E-state index in [0.717, 1.165) is 5.56 Å². The Hall–Kier alpha value is -2.37. The normalized spacial score (nSPS) is 10.5. The van der Waals surface area contributed by atoms with E-state index in [0.29, 0.717) is 15.7 Å². The van der Waals surface area contributed by atoms with Gasteiger partial charge in [-0.1, -0.05) is 41.4 Å². The van der Waals surface area contributed by atoms with Crippen molar-refractivity contribution in [3.8, 4) is 11.5 Å². The summed E-state index contributed by atoms with van der Waals surface area (Å²) >= 11 is 11.9. The summed E-state index contributed by atoms with van der Waals surface area (Å²) in [6.45, 7) is 0. The second kappa shape index (κ2) is 6.17. The smallest absolute Gasteiger partial charge is 0.313 e. The Morgan fingerprint density at radius 1 is 1.05 bits per heavy atom. The van der Waals surface area contributed by atoms with Crippen molar-refractivity contribution in [2.24, 2.45) is 0 Å². The van der Waals surface area contributed by atoms with Gasteiger partial charge in [-0.05, 0) is 30.3 Å². The number of anilines is 1. The maximum Gasteiger partial charge on any atom is 0.313 e. The molecule has 0 saturated heterocycles. The molecule has 0 radical (unpaired) electrons. The Labute approximate surface area is 135 Å². The fraction of sp³-hybridized carbons (Fsp3) is 0. The number of amides is 1. The van der Waals surface area contributed by atoms with Gasteiger partial charge in [-0.15, -0.1) is 10.2 Å². The van der Waals surface area contributed by atoms with E-state index in [-0.39, 0.29) is 11.8 Å². The average Bonchev–Trinajstić information content (AvgIpc) is 3.02. The quantitative estimate of drug-likeness (QED) is 0.776. The van der Waals surface area contributed by atoms with Gasteiger partial charge >= 0.3 is 11.8 Å². The van der Waals surface area contributed by atoms with E-state index in [1.165, 1.54) is 6.07 Å². The zero-order valence-corrected chi connectivity index (χ0v) is 12.6. The van der Waals surface area contributed by atoms with Crippen LogP contribution in [-0.2, 0) is 0 Å². The molecule has 1 heterocycles. The Kier molecular flexibility index (Phi) is 4.09. The maximum absolute atomic E-state index is 12.1. The molecule has 1 N–H and O–H groups in total. The predicted octanol–water partition coefficient (Wildman–Crippen LogP) is 4.30. The van der Waals surface area contributed by atoms with Gasteiger partial charge in [-0.25, -0.2) is 0 Å². The fourth-order valence-electron chi connectivity index (χ4n) is 1.78. The molecule has 0 bridgehead atoms. The molecule has 5 nitrogen and oxygen atoms in total. The first-order valence-electron chi connectivity index (χ1n) is 6.29. The average molecular weight is 334 g/mol. The van der Waals surface area contributed by atoms with Gasteiger partial charge in [0.1, 0.15) is 0 Å². The third kappa shape index (κ3) is 3.10. The van der Waals surface area contributed by atoms with Crippen LogP contribution in [0.15, 0.2) is 52.9 Å². The summed E-state index contributed by atoms with van der Waals surface area (Å²) in [5, 5.41) is 11.0. The number of nitrogens with zero attached hydrogens (tertiary/aromatic N) is 2. The summed E-state index contributed by atoms with van der Waals surface area (Å²) in [7, 11) is 0. The number of nitrogens with one attached hydrogen (secondary N) is 1. The molecule has 0 aliphatic heterocycles. The second-order valence-corrected chi connectivity index (χ2v) is 5.20. The second-order valence-electron chi connectivity index (χ2n) is 4.36. The Balaban J connectivity index is 1.81. The number of carbonyl (C=O) groups excluding carboxylic acids is 1. The van der Waals surface area contributed by atoms with Crippen LogP contribution in [0.4, 0.5) is 5.69 Å². The summed E-state index contributed by atoms with van der Waals surface area (Å²) < 4.78 is 5.36. The van der Waals surface area contributed by atoms with Crippen molar-refractivity contribution in [1.82, 2.24) is 10.2 Å². The van der Waals surface area contributed by atoms with E-state index in [1.54, 1.807) is 12.1 Å². The van der Waals surface area contributed by atoms with Crippen LogP contribution >= 0.6 is 23.2 Å². The van der Waals surface area contributed by atoms with Crippen molar-refractivity contribution in [3.05, 3.63) is 64.5 Å². The maximum atomic E-state index is 12.1. The zero-order chi connectivity index (χ0) is 15.5. The largest absolute Gasteiger partial charge is 0.412 e. The van der Waals surface area contributed by atoms with Gasteiger partial charge in [0.15, 0.2) is 0 Å². The molecule has 2 aromatic carbocycles. The highest BCUT2D eigenvalue weighted by Gasteiger charge is 2.17. The van der Waals surface area contributed by atoms with Crippen LogP contribution in [0.2, 0.25) is 10.0 Å². The minimum Gasteiger partial charge on any atom is -0.412 e. The van der Waals surface area contributed by atoms with E-state index in [4.69, 9.17) is 27.6 Å². The number of hydrogen-bond acceptors (Lipinski definition) is 4. The first-order chi connectivity index (χ1) is 10.6. The third-order valence-electron chi connectivity index (χ3n) is 2.82. The number of benzene rings is 2. The van der Waals surface area contributed by atoms with Crippen molar-refractivity contribution in [1.29, 1.82) is 0 Å². The van der Waals surface area contributed by atoms with E-state index in [1.807, 2.05) is 30.3 Å². The van der Waals surface area contributed by atoms with Crippen molar-refractivity contribution in [2.45, 2.75) is 0 Å². The van der Waals surface area contributed by atoms with E-state index in [9.17, 15) is 4.79 Å². The van der Waals surface area contributed by atoms with Crippen LogP contribution in [0.1, 0.15) is 10.7 Å². The van der Waals surface area contributed by atoms with Gasteiger partial charge in [-0.3, -0.25) is 4.79 Å². The minimum atomic E-state index is -0.557. The van der Waals surface area contributed by atoms with Crippen molar-refractivity contribution in [3.63, 3.8) is 0 Å². The zero-order valence-electron chi connectivity index (χ0n) is 11.1. The molecular weight excluding hydrogens is 325 g/mol. The Morgan fingerprint density at radius 2 is 1.82 bits per heavy atom. The molecule has 1 aromatic heterocycles. The van der Waals surface area contributed by atoms with E-state index in [2.05, 4.69) is 15.5 Å². The molecule has 0 aliphatic carbocycles. The first kappa shape index (κ1) is 14.6. The van der Waals surface area contributed by atoms with Crippen LogP contribution in [0.25, 0.3) is 11.5 Å². The molecule has 0 atom stereocenters. The van der Waals surface area contributed by atoms with Crippen LogP contribution < -0.4 is 5.32 Å². The monoisotopic (exact) mass is 333 g/mol. The number of rotatable bonds is 3. The number of carbonyl (C=O) groups is 1. The SMILES string of the molecule is O=C(Nc1cc(Cl)ccc1Cl)c1nnc(-c2ccccc2)o1. The molecule has 22 heavy (non-hydrogen) atoms. The molecule has 7 heteroatoms. The summed E-state index contributed by atoms with van der Waals surface area (Å²) in [5.41, 5.74) is 1.11. The first-order valence-corrected chi connectivity index (χ1v) is 7.04. The highest BCUT2D eigenvalue weighted by molar-refractivity contribution is 6.35. The molecule has 0 unspecified atom stereocenters. The van der Waals surface area contributed by atoms with Crippen LogP contribution in [0.5, 0.6) is 0 Å². The molecule has 110 valence electrons. The topological polar surface area (TPSA) is 68.0 Å². The minimum absolute atomic E-state index is 0.158. The molecular formula is C15H9Cl2N3O2.